The van der Waals surface area contributed by atoms with Crippen molar-refractivity contribution in [3.05, 3.63) is 18.0 Å². The van der Waals surface area contributed by atoms with Gasteiger partial charge in [-0.2, -0.15) is 0 Å². The van der Waals surface area contributed by atoms with Crippen LogP contribution in [0.2, 0.25) is 0 Å². The molecule has 3 N–H and O–H groups in total. The van der Waals surface area contributed by atoms with Gasteiger partial charge in [0.05, 0.1) is 18.8 Å². The molecular formula is C10H16N4O3. The van der Waals surface area contributed by atoms with E-state index in [-0.39, 0.29) is 0 Å². The Hall–Kier alpha value is -1.89. The van der Waals surface area contributed by atoms with Gasteiger partial charge >= 0.3 is 6.03 Å². The van der Waals surface area contributed by atoms with E-state index in [0.29, 0.717) is 18.8 Å². The van der Waals surface area contributed by atoms with E-state index in [1.54, 1.807) is 19.9 Å². The van der Waals surface area contributed by atoms with Crippen LogP contribution in [0, 0.1) is 0 Å². The Labute approximate surface area is 98.9 Å². The summed E-state index contributed by atoms with van der Waals surface area (Å²) in [4.78, 5) is 22.6. The first-order valence-electron chi connectivity index (χ1n) is 5.35. The molecular weight excluding hydrogens is 224 g/mol. The topological polar surface area (TPSA) is 96.3 Å². The quantitative estimate of drug-likeness (QED) is 0.673. The Balaban J connectivity index is 2.29. The van der Waals surface area contributed by atoms with Crippen LogP contribution in [0.15, 0.2) is 16.8 Å². The molecule has 94 valence electrons. The maximum Gasteiger partial charge on any atom is 0.321 e. The third kappa shape index (κ3) is 4.64. The van der Waals surface area contributed by atoms with Crippen LogP contribution >= 0.6 is 0 Å². The number of hydrogen-bond donors (Lipinski definition) is 3. The van der Waals surface area contributed by atoms with E-state index >= 15 is 0 Å². The summed E-state index contributed by atoms with van der Waals surface area (Å²) in [5.74, 6) is 0.234. The van der Waals surface area contributed by atoms with Crippen LogP contribution in [-0.4, -0.2) is 29.7 Å². The molecule has 17 heavy (non-hydrogen) atoms. The molecule has 0 saturated heterocycles. The van der Waals surface area contributed by atoms with Gasteiger partial charge in [0.2, 0.25) is 5.91 Å². The zero-order valence-corrected chi connectivity index (χ0v) is 9.82. The molecule has 0 spiro atoms. The molecule has 7 heteroatoms. The average molecular weight is 240 g/mol. The van der Waals surface area contributed by atoms with Gasteiger partial charge in [0, 0.05) is 12.6 Å². The summed E-state index contributed by atoms with van der Waals surface area (Å²) >= 11 is 0. The highest BCUT2D eigenvalue weighted by Crippen LogP contribution is 1.96. The molecule has 1 aromatic heterocycles. The highest BCUT2D eigenvalue weighted by atomic mass is 16.5. The minimum Gasteiger partial charge on any atom is -0.360 e. The predicted molar refractivity (Wildman–Crippen MR) is 60.0 cm³/mol. The second-order valence-electron chi connectivity index (χ2n) is 3.43. The fourth-order valence-electron chi connectivity index (χ4n) is 1.10. The summed E-state index contributed by atoms with van der Waals surface area (Å²) in [5.41, 5.74) is 0. The maximum atomic E-state index is 11.5. The van der Waals surface area contributed by atoms with Crippen LogP contribution in [0.25, 0.3) is 0 Å². The van der Waals surface area contributed by atoms with Crippen LogP contribution in [0.4, 0.5) is 4.79 Å². The summed E-state index contributed by atoms with van der Waals surface area (Å²) in [6.45, 7) is 4.28. The summed E-state index contributed by atoms with van der Waals surface area (Å²) in [6.07, 6.45) is 1.52. The number of nitrogens with zero attached hydrogens (tertiary/aromatic N) is 1. The molecule has 0 bridgehead atoms. The number of hydrogen-bond acceptors (Lipinski definition) is 5. The van der Waals surface area contributed by atoms with E-state index in [1.165, 1.54) is 6.20 Å². The molecule has 0 fully saturated rings. The molecule has 0 saturated carbocycles. The molecule has 1 rings (SSSR count). The van der Waals surface area contributed by atoms with E-state index < -0.39 is 18.0 Å². The van der Waals surface area contributed by atoms with Crippen LogP contribution in [-0.2, 0) is 11.3 Å². The number of imide groups is 1. The molecule has 1 unspecified atom stereocenters. The Kier molecular flexibility index (Phi) is 5.15. The lowest BCUT2D eigenvalue weighted by atomic mass is 10.3. The summed E-state index contributed by atoms with van der Waals surface area (Å²) < 4.78 is 4.86. The monoisotopic (exact) mass is 240 g/mol. The molecule has 1 aromatic rings. The summed E-state index contributed by atoms with van der Waals surface area (Å²) in [6, 6.07) is 0.704. The van der Waals surface area contributed by atoms with Crippen molar-refractivity contribution in [1.82, 2.24) is 21.1 Å². The number of amides is 3. The first-order chi connectivity index (χ1) is 8.13. The third-order valence-corrected chi connectivity index (χ3v) is 2.04. The molecule has 0 aliphatic carbocycles. The first-order valence-corrected chi connectivity index (χ1v) is 5.35. The lowest BCUT2D eigenvalue weighted by Crippen LogP contribution is -2.47. The molecule has 0 aliphatic rings. The van der Waals surface area contributed by atoms with E-state index in [4.69, 9.17) is 4.52 Å². The Morgan fingerprint density at radius 1 is 1.53 bits per heavy atom. The SMILES string of the molecule is CCNC(=O)NC(=O)C(C)NCc1ccno1. The fourth-order valence-corrected chi connectivity index (χ4v) is 1.10. The molecule has 3 amide bonds. The van der Waals surface area contributed by atoms with E-state index in [0.717, 1.165) is 0 Å². The molecule has 0 radical (unpaired) electrons. The van der Waals surface area contributed by atoms with Crippen LogP contribution in [0.3, 0.4) is 0 Å². The highest BCUT2D eigenvalue weighted by molar-refractivity contribution is 5.96. The van der Waals surface area contributed by atoms with Crippen molar-refractivity contribution < 1.29 is 14.1 Å². The molecule has 1 atom stereocenters. The second kappa shape index (κ2) is 6.64. The van der Waals surface area contributed by atoms with E-state index in [2.05, 4.69) is 21.1 Å². The van der Waals surface area contributed by atoms with Crippen molar-refractivity contribution in [3.8, 4) is 0 Å². The van der Waals surface area contributed by atoms with Crippen molar-refractivity contribution in [3.63, 3.8) is 0 Å². The number of aromatic nitrogens is 1. The Morgan fingerprint density at radius 3 is 2.88 bits per heavy atom. The second-order valence-corrected chi connectivity index (χ2v) is 3.43. The van der Waals surface area contributed by atoms with Gasteiger partial charge in [-0.05, 0) is 13.8 Å². The molecule has 1 heterocycles. The number of rotatable bonds is 5. The van der Waals surface area contributed by atoms with Crippen molar-refractivity contribution in [2.45, 2.75) is 26.4 Å². The maximum absolute atomic E-state index is 11.5. The molecule has 0 aromatic carbocycles. The van der Waals surface area contributed by atoms with Crippen LogP contribution < -0.4 is 16.0 Å². The number of carbonyl (C=O) groups is 2. The smallest absolute Gasteiger partial charge is 0.321 e. The third-order valence-electron chi connectivity index (χ3n) is 2.04. The van der Waals surface area contributed by atoms with Gasteiger partial charge in [-0.1, -0.05) is 5.16 Å². The van der Waals surface area contributed by atoms with Gasteiger partial charge in [0.25, 0.3) is 0 Å². The van der Waals surface area contributed by atoms with Crippen molar-refractivity contribution >= 4 is 11.9 Å². The zero-order valence-electron chi connectivity index (χ0n) is 9.82. The highest BCUT2D eigenvalue weighted by Gasteiger charge is 2.15. The largest absolute Gasteiger partial charge is 0.360 e. The predicted octanol–water partition coefficient (Wildman–Crippen LogP) is -0.00160. The van der Waals surface area contributed by atoms with Crippen LogP contribution in [0.1, 0.15) is 19.6 Å². The van der Waals surface area contributed by atoms with Crippen molar-refractivity contribution in [1.29, 1.82) is 0 Å². The summed E-state index contributed by atoms with van der Waals surface area (Å²) in [5, 5.41) is 11.1. The van der Waals surface area contributed by atoms with Crippen molar-refractivity contribution in [2.75, 3.05) is 6.54 Å². The van der Waals surface area contributed by atoms with Gasteiger partial charge in [-0.25, -0.2) is 4.79 Å². The first kappa shape index (κ1) is 13.2. The molecule has 7 nitrogen and oxygen atoms in total. The summed E-state index contributed by atoms with van der Waals surface area (Å²) in [7, 11) is 0. The van der Waals surface area contributed by atoms with Gasteiger partial charge in [0.15, 0.2) is 0 Å². The Morgan fingerprint density at radius 2 is 2.29 bits per heavy atom. The number of urea groups is 1. The van der Waals surface area contributed by atoms with Gasteiger partial charge in [-0.3, -0.25) is 15.4 Å². The fraction of sp³-hybridized carbons (Fsp3) is 0.500. The van der Waals surface area contributed by atoms with Crippen molar-refractivity contribution in [2.24, 2.45) is 0 Å². The van der Waals surface area contributed by atoms with Crippen LogP contribution in [0.5, 0.6) is 0 Å². The van der Waals surface area contributed by atoms with E-state index in [9.17, 15) is 9.59 Å². The average Bonchev–Trinajstić information content (AvgIpc) is 2.78. The number of nitrogens with one attached hydrogen (secondary N) is 3. The molecule has 0 aliphatic heterocycles. The lowest BCUT2D eigenvalue weighted by Gasteiger charge is -2.12. The minimum atomic E-state index is -0.497. The Bertz CT molecular complexity index is 364. The normalized spacial score (nSPS) is 11.9. The number of carbonyl (C=O) groups excluding carboxylic acids is 2. The standard InChI is InChI=1S/C10H16N4O3/c1-3-11-10(16)14-9(15)7(2)12-6-8-4-5-13-17-8/h4-5,7,12H,3,6H2,1-2H3,(H2,11,14,15,16). The van der Waals surface area contributed by atoms with Gasteiger partial charge in [-0.15, -0.1) is 0 Å². The van der Waals surface area contributed by atoms with Gasteiger partial charge < -0.3 is 9.84 Å². The lowest BCUT2D eigenvalue weighted by molar-refractivity contribution is -0.121. The van der Waals surface area contributed by atoms with E-state index in [1.807, 2.05) is 0 Å². The zero-order chi connectivity index (χ0) is 12.7. The minimum absolute atomic E-state index is 0.379. The van der Waals surface area contributed by atoms with Gasteiger partial charge in [0.1, 0.15) is 5.76 Å².